The molecule has 0 spiro atoms. The summed E-state index contributed by atoms with van der Waals surface area (Å²) in [6, 6.07) is 4.37. The predicted molar refractivity (Wildman–Crippen MR) is 94.7 cm³/mol. The van der Waals surface area contributed by atoms with Crippen molar-refractivity contribution in [3.05, 3.63) is 34.6 Å². The maximum Gasteiger partial charge on any atom is 0.233 e. The number of hydrogen-bond acceptors (Lipinski definition) is 3. The summed E-state index contributed by atoms with van der Waals surface area (Å²) < 4.78 is 13.9. The minimum Gasteiger partial charge on any atom is -0.341 e. The number of likely N-dealkylation sites (tertiary alicyclic amines) is 1. The quantitative estimate of drug-likeness (QED) is 0.738. The fourth-order valence-corrected chi connectivity index (χ4v) is 4.08. The molecule has 1 aromatic rings. The first-order valence-electron chi connectivity index (χ1n) is 8.92. The average molecular weight is 381 g/mol. The van der Waals surface area contributed by atoms with Crippen LogP contribution in [0.25, 0.3) is 0 Å². The molecule has 1 heterocycles. The lowest BCUT2D eigenvalue weighted by Gasteiger charge is -2.20. The summed E-state index contributed by atoms with van der Waals surface area (Å²) in [6.45, 7) is 0.121. The SMILES string of the molecule is CN(Cc1c(F)cccc1Cl)C(=O)CCN1C(=O)C2CCCCC2C1=O. The highest BCUT2D eigenvalue weighted by molar-refractivity contribution is 6.31. The van der Waals surface area contributed by atoms with E-state index in [9.17, 15) is 18.8 Å². The molecule has 1 saturated heterocycles. The summed E-state index contributed by atoms with van der Waals surface area (Å²) in [7, 11) is 1.55. The third kappa shape index (κ3) is 3.61. The molecule has 1 aromatic carbocycles. The Morgan fingerprint density at radius 2 is 1.85 bits per heavy atom. The number of benzene rings is 1. The van der Waals surface area contributed by atoms with Gasteiger partial charge in [0.2, 0.25) is 17.7 Å². The van der Waals surface area contributed by atoms with E-state index in [0.717, 1.165) is 25.7 Å². The molecule has 5 nitrogen and oxygen atoms in total. The van der Waals surface area contributed by atoms with Gasteiger partial charge in [-0.2, -0.15) is 0 Å². The van der Waals surface area contributed by atoms with Gasteiger partial charge in [-0.1, -0.05) is 30.5 Å². The molecule has 2 atom stereocenters. The van der Waals surface area contributed by atoms with Crippen molar-refractivity contribution in [3.63, 3.8) is 0 Å². The van der Waals surface area contributed by atoms with E-state index in [4.69, 9.17) is 11.6 Å². The molecule has 1 saturated carbocycles. The second-order valence-electron chi connectivity index (χ2n) is 7.03. The van der Waals surface area contributed by atoms with Gasteiger partial charge in [-0.05, 0) is 25.0 Å². The number of nitrogens with zero attached hydrogens (tertiary/aromatic N) is 2. The minimum absolute atomic E-state index is 0.0273. The van der Waals surface area contributed by atoms with Gasteiger partial charge in [0.05, 0.1) is 11.8 Å². The topological polar surface area (TPSA) is 57.7 Å². The van der Waals surface area contributed by atoms with Crippen LogP contribution in [-0.2, 0) is 20.9 Å². The van der Waals surface area contributed by atoms with Crippen LogP contribution in [-0.4, -0.2) is 41.1 Å². The smallest absolute Gasteiger partial charge is 0.233 e. The van der Waals surface area contributed by atoms with Gasteiger partial charge in [0, 0.05) is 37.1 Å². The van der Waals surface area contributed by atoms with Crippen molar-refractivity contribution in [3.8, 4) is 0 Å². The third-order valence-electron chi connectivity index (χ3n) is 5.36. The monoisotopic (exact) mass is 380 g/mol. The Bertz CT molecular complexity index is 695. The van der Waals surface area contributed by atoms with Crippen LogP contribution >= 0.6 is 11.6 Å². The zero-order chi connectivity index (χ0) is 18.8. The Labute approximate surface area is 157 Å². The number of carbonyl (C=O) groups excluding carboxylic acids is 3. The summed E-state index contributed by atoms with van der Waals surface area (Å²) in [6.07, 6.45) is 3.48. The second kappa shape index (κ2) is 7.74. The van der Waals surface area contributed by atoms with E-state index in [1.54, 1.807) is 13.1 Å². The Morgan fingerprint density at radius 3 is 2.42 bits per heavy atom. The van der Waals surface area contributed by atoms with Crippen molar-refractivity contribution in [2.75, 3.05) is 13.6 Å². The fourth-order valence-electron chi connectivity index (χ4n) is 3.86. The molecule has 3 amide bonds. The van der Waals surface area contributed by atoms with Gasteiger partial charge in [0.25, 0.3) is 0 Å². The number of fused-ring (bicyclic) bond motifs is 1. The van der Waals surface area contributed by atoms with Crippen molar-refractivity contribution in [2.24, 2.45) is 11.8 Å². The number of imide groups is 1. The second-order valence-corrected chi connectivity index (χ2v) is 7.43. The minimum atomic E-state index is -0.467. The molecule has 2 fully saturated rings. The highest BCUT2D eigenvalue weighted by atomic mass is 35.5. The number of halogens is 2. The third-order valence-corrected chi connectivity index (χ3v) is 5.72. The molecule has 3 rings (SSSR count). The van der Waals surface area contributed by atoms with Crippen LogP contribution in [0, 0.1) is 17.7 Å². The molecule has 0 bridgehead atoms. The normalized spacial score (nSPS) is 22.5. The molecular formula is C19H22ClFN2O3. The lowest BCUT2D eigenvalue weighted by Crippen LogP contribution is -2.36. The Hall–Kier alpha value is -1.95. The molecular weight excluding hydrogens is 359 g/mol. The van der Waals surface area contributed by atoms with Gasteiger partial charge in [-0.15, -0.1) is 0 Å². The summed E-state index contributed by atoms with van der Waals surface area (Å²) in [5.41, 5.74) is 0.254. The van der Waals surface area contributed by atoms with E-state index < -0.39 is 5.82 Å². The van der Waals surface area contributed by atoms with Gasteiger partial charge < -0.3 is 4.90 Å². The van der Waals surface area contributed by atoms with E-state index in [0.29, 0.717) is 0 Å². The molecule has 0 radical (unpaired) electrons. The summed E-state index contributed by atoms with van der Waals surface area (Å²) in [4.78, 5) is 39.8. The molecule has 2 unspecified atom stereocenters. The molecule has 2 aliphatic rings. The van der Waals surface area contributed by atoms with Crippen molar-refractivity contribution >= 4 is 29.3 Å². The number of hydrogen-bond donors (Lipinski definition) is 0. The number of amides is 3. The maximum atomic E-state index is 13.9. The van der Waals surface area contributed by atoms with E-state index in [1.807, 2.05) is 0 Å². The van der Waals surface area contributed by atoms with Crippen LogP contribution in [0.1, 0.15) is 37.7 Å². The lowest BCUT2D eigenvalue weighted by atomic mass is 9.81. The van der Waals surface area contributed by atoms with E-state index in [1.165, 1.54) is 21.9 Å². The van der Waals surface area contributed by atoms with Crippen LogP contribution in [0.15, 0.2) is 18.2 Å². The van der Waals surface area contributed by atoms with E-state index in [2.05, 4.69) is 0 Å². The Kier molecular flexibility index (Phi) is 5.61. The number of carbonyl (C=O) groups is 3. The summed E-state index contributed by atoms with van der Waals surface area (Å²) in [5, 5.41) is 0.263. The van der Waals surface area contributed by atoms with Gasteiger partial charge >= 0.3 is 0 Å². The molecule has 140 valence electrons. The molecule has 0 aromatic heterocycles. The van der Waals surface area contributed by atoms with Crippen LogP contribution in [0.3, 0.4) is 0 Å². The molecule has 0 N–H and O–H groups in total. The van der Waals surface area contributed by atoms with Crippen molar-refractivity contribution < 1.29 is 18.8 Å². The highest BCUT2D eigenvalue weighted by Crippen LogP contribution is 2.38. The van der Waals surface area contributed by atoms with E-state index >= 15 is 0 Å². The molecule has 26 heavy (non-hydrogen) atoms. The van der Waals surface area contributed by atoms with Gasteiger partial charge in [-0.25, -0.2) is 4.39 Å². The van der Waals surface area contributed by atoms with Crippen LogP contribution in [0.4, 0.5) is 4.39 Å². The predicted octanol–water partition coefficient (Wildman–Crippen LogP) is 3.00. The largest absolute Gasteiger partial charge is 0.341 e. The van der Waals surface area contributed by atoms with Crippen LogP contribution < -0.4 is 0 Å². The van der Waals surface area contributed by atoms with Gasteiger partial charge in [0.1, 0.15) is 5.82 Å². The van der Waals surface area contributed by atoms with E-state index in [-0.39, 0.29) is 59.7 Å². The van der Waals surface area contributed by atoms with Gasteiger partial charge in [0.15, 0.2) is 0 Å². The summed E-state index contributed by atoms with van der Waals surface area (Å²) in [5.74, 6) is -1.44. The van der Waals surface area contributed by atoms with Crippen LogP contribution in [0.5, 0.6) is 0 Å². The summed E-state index contributed by atoms with van der Waals surface area (Å²) >= 11 is 5.99. The van der Waals surface area contributed by atoms with Crippen molar-refractivity contribution in [2.45, 2.75) is 38.6 Å². The zero-order valence-corrected chi connectivity index (χ0v) is 15.5. The lowest BCUT2D eigenvalue weighted by molar-refractivity contribution is -0.140. The van der Waals surface area contributed by atoms with Crippen LogP contribution in [0.2, 0.25) is 5.02 Å². The first-order valence-corrected chi connectivity index (χ1v) is 9.30. The highest BCUT2D eigenvalue weighted by Gasteiger charge is 2.47. The standard InChI is InChI=1S/C19H22ClFN2O3/c1-22(11-14-15(20)7-4-8-16(14)21)17(24)9-10-23-18(25)12-5-2-3-6-13(12)19(23)26/h4,7-8,12-13H,2-3,5-6,9-11H2,1H3. The molecule has 1 aliphatic carbocycles. The van der Waals surface area contributed by atoms with Crippen molar-refractivity contribution in [1.82, 2.24) is 9.80 Å². The zero-order valence-electron chi connectivity index (χ0n) is 14.7. The Morgan fingerprint density at radius 1 is 1.23 bits per heavy atom. The maximum absolute atomic E-state index is 13.9. The fraction of sp³-hybridized carbons (Fsp3) is 0.526. The molecule has 7 heteroatoms. The number of rotatable bonds is 5. The first kappa shape index (κ1) is 18.8. The average Bonchev–Trinajstić information content (AvgIpc) is 2.87. The van der Waals surface area contributed by atoms with Gasteiger partial charge in [-0.3, -0.25) is 19.3 Å². The Balaban J connectivity index is 1.58. The first-order chi connectivity index (χ1) is 12.4. The van der Waals surface area contributed by atoms with Crippen molar-refractivity contribution in [1.29, 1.82) is 0 Å². The molecule has 1 aliphatic heterocycles.